The number of nitrogens with zero attached hydrogens (tertiary/aromatic N) is 5. The largest absolute Gasteiger partial charge is 0.417 e. The molecule has 2 aromatic rings. The SMILES string of the molecule is Cn1nc(C(=O)N2CCCCC[C@@H]2c2ncon2)cc1OC(F)F. The van der Waals surface area contributed by atoms with Gasteiger partial charge in [-0.1, -0.05) is 18.0 Å². The molecule has 0 spiro atoms. The molecule has 1 saturated heterocycles. The second-order valence-corrected chi connectivity index (χ2v) is 5.52. The van der Waals surface area contributed by atoms with E-state index in [9.17, 15) is 13.6 Å². The number of halogens is 2. The van der Waals surface area contributed by atoms with Gasteiger partial charge in [0.2, 0.25) is 12.3 Å². The lowest BCUT2D eigenvalue weighted by Gasteiger charge is -2.26. The summed E-state index contributed by atoms with van der Waals surface area (Å²) in [6.45, 7) is -2.46. The Hall–Kier alpha value is -2.52. The summed E-state index contributed by atoms with van der Waals surface area (Å²) in [6, 6.07) is 0.896. The molecule has 2 aromatic heterocycles. The molecule has 0 aromatic carbocycles. The van der Waals surface area contributed by atoms with Crippen LogP contribution in [0.1, 0.15) is 48.0 Å². The number of amides is 1. The van der Waals surface area contributed by atoms with E-state index in [0.717, 1.165) is 23.9 Å². The standard InChI is InChI=1S/C14H17F2N5O3/c1-20-11(24-14(15)16)7-9(18-20)13(22)21-6-4-2-3-5-10(21)12-17-8-23-19-12/h7-8,10,14H,2-6H2,1H3/t10-/m1/s1. The summed E-state index contributed by atoms with van der Waals surface area (Å²) in [6.07, 6.45) is 4.69. The van der Waals surface area contributed by atoms with Crippen LogP contribution in [0.5, 0.6) is 5.88 Å². The summed E-state index contributed by atoms with van der Waals surface area (Å²) in [7, 11) is 1.44. The molecular weight excluding hydrogens is 324 g/mol. The minimum Gasteiger partial charge on any atom is -0.417 e. The normalized spacial score (nSPS) is 18.7. The van der Waals surface area contributed by atoms with Crippen LogP contribution in [0.15, 0.2) is 17.0 Å². The van der Waals surface area contributed by atoms with Crippen molar-refractivity contribution < 1.29 is 22.8 Å². The Morgan fingerprint density at radius 3 is 2.96 bits per heavy atom. The van der Waals surface area contributed by atoms with Crippen molar-refractivity contribution in [3.63, 3.8) is 0 Å². The summed E-state index contributed by atoms with van der Waals surface area (Å²) in [5.41, 5.74) is 0.0449. The second kappa shape index (κ2) is 6.93. The number of carbonyl (C=O) groups is 1. The van der Waals surface area contributed by atoms with E-state index in [1.54, 1.807) is 4.90 Å². The average Bonchev–Trinajstić information content (AvgIpc) is 3.11. The van der Waals surface area contributed by atoms with E-state index in [-0.39, 0.29) is 23.5 Å². The van der Waals surface area contributed by atoms with Gasteiger partial charge < -0.3 is 14.2 Å². The van der Waals surface area contributed by atoms with Crippen molar-refractivity contribution in [2.75, 3.05) is 6.54 Å². The first-order valence-electron chi connectivity index (χ1n) is 7.62. The molecule has 130 valence electrons. The molecule has 8 nitrogen and oxygen atoms in total. The molecular formula is C14H17F2N5O3. The molecule has 0 radical (unpaired) electrons. The third-order valence-electron chi connectivity index (χ3n) is 3.96. The summed E-state index contributed by atoms with van der Waals surface area (Å²) in [5, 5.41) is 7.83. The zero-order valence-electron chi connectivity index (χ0n) is 13.1. The van der Waals surface area contributed by atoms with Gasteiger partial charge in [0.1, 0.15) is 0 Å². The van der Waals surface area contributed by atoms with E-state index in [1.807, 2.05) is 0 Å². The molecule has 1 amide bonds. The van der Waals surface area contributed by atoms with E-state index < -0.39 is 6.61 Å². The van der Waals surface area contributed by atoms with Crippen LogP contribution in [0.2, 0.25) is 0 Å². The molecule has 24 heavy (non-hydrogen) atoms. The number of aryl methyl sites for hydroxylation is 1. The van der Waals surface area contributed by atoms with Gasteiger partial charge >= 0.3 is 6.61 Å². The van der Waals surface area contributed by atoms with Crippen LogP contribution in [-0.2, 0) is 7.05 Å². The maximum absolute atomic E-state index is 12.8. The minimum atomic E-state index is -2.98. The fourth-order valence-electron chi connectivity index (χ4n) is 2.85. The van der Waals surface area contributed by atoms with Gasteiger partial charge in [0.05, 0.1) is 6.04 Å². The van der Waals surface area contributed by atoms with Gasteiger partial charge in [0.15, 0.2) is 11.5 Å². The number of rotatable bonds is 4. The number of hydrogen-bond acceptors (Lipinski definition) is 6. The molecule has 3 heterocycles. The molecule has 1 fully saturated rings. The number of ether oxygens (including phenoxy) is 1. The van der Waals surface area contributed by atoms with E-state index in [4.69, 9.17) is 4.52 Å². The van der Waals surface area contributed by atoms with Gasteiger partial charge in [-0.3, -0.25) is 4.79 Å². The maximum atomic E-state index is 12.8. The lowest BCUT2D eigenvalue weighted by molar-refractivity contribution is -0.0553. The first-order valence-corrected chi connectivity index (χ1v) is 7.62. The Morgan fingerprint density at radius 2 is 2.25 bits per heavy atom. The zero-order valence-corrected chi connectivity index (χ0v) is 13.1. The monoisotopic (exact) mass is 341 g/mol. The highest BCUT2D eigenvalue weighted by Gasteiger charge is 2.32. The van der Waals surface area contributed by atoms with Gasteiger partial charge in [0.25, 0.3) is 5.91 Å². The molecule has 0 aliphatic carbocycles. The Kier molecular flexibility index (Phi) is 4.72. The highest BCUT2D eigenvalue weighted by molar-refractivity contribution is 5.93. The van der Waals surface area contributed by atoms with Crippen molar-refractivity contribution in [2.45, 2.75) is 38.3 Å². The highest BCUT2D eigenvalue weighted by Crippen LogP contribution is 2.29. The van der Waals surface area contributed by atoms with E-state index >= 15 is 0 Å². The predicted octanol–water partition coefficient (Wildman–Crippen LogP) is 2.16. The van der Waals surface area contributed by atoms with Crippen molar-refractivity contribution in [2.24, 2.45) is 7.05 Å². The molecule has 1 aliphatic heterocycles. The van der Waals surface area contributed by atoms with Crippen LogP contribution in [0.3, 0.4) is 0 Å². The van der Waals surface area contributed by atoms with Crippen LogP contribution < -0.4 is 4.74 Å². The van der Waals surface area contributed by atoms with Gasteiger partial charge in [-0.05, 0) is 12.8 Å². The van der Waals surface area contributed by atoms with Gasteiger partial charge in [0, 0.05) is 19.7 Å². The molecule has 0 unspecified atom stereocenters. The van der Waals surface area contributed by atoms with Gasteiger partial charge in [-0.15, -0.1) is 0 Å². The molecule has 10 heteroatoms. The smallest absolute Gasteiger partial charge is 0.388 e. The lowest BCUT2D eigenvalue weighted by Crippen LogP contribution is -2.35. The quantitative estimate of drug-likeness (QED) is 0.847. The first-order chi connectivity index (χ1) is 11.6. The fourth-order valence-corrected chi connectivity index (χ4v) is 2.85. The van der Waals surface area contributed by atoms with Crippen LogP contribution in [-0.4, -0.2) is 43.9 Å². The zero-order chi connectivity index (χ0) is 17.1. The highest BCUT2D eigenvalue weighted by atomic mass is 19.3. The van der Waals surface area contributed by atoms with Gasteiger partial charge in [-0.2, -0.15) is 18.9 Å². The second-order valence-electron chi connectivity index (χ2n) is 5.52. The first kappa shape index (κ1) is 16.3. The summed E-state index contributed by atoms with van der Waals surface area (Å²) >= 11 is 0. The van der Waals surface area contributed by atoms with Crippen molar-refractivity contribution >= 4 is 5.91 Å². The molecule has 0 saturated carbocycles. The average molecular weight is 341 g/mol. The van der Waals surface area contributed by atoms with Crippen molar-refractivity contribution in [1.29, 1.82) is 0 Å². The van der Waals surface area contributed by atoms with Crippen molar-refractivity contribution in [1.82, 2.24) is 24.8 Å². The molecule has 1 aliphatic rings. The van der Waals surface area contributed by atoms with Crippen molar-refractivity contribution in [3.05, 3.63) is 24.0 Å². The van der Waals surface area contributed by atoms with E-state index in [2.05, 4.69) is 20.0 Å². The van der Waals surface area contributed by atoms with Crippen LogP contribution in [0, 0.1) is 0 Å². The van der Waals surface area contributed by atoms with E-state index in [1.165, 1.54) is 19.5 Å². The number of aromatic nitrogens is 4. The van der Waals surface area contributed by atoms with E-state index in [0.29, 0.717) is 18.8 Å². The molecule has 3 rings (SSSR count). The fraction of sp³-hybridized carbons (Fsp3) is 0.571. The summed E-state index contributed by atoms with van der Waals surface area (Å²) in [4.78, 5) is 18.5. The topological polar surface area (TPSA) is 86.3 Å². The Bertz CT molecular complexity index is 689. The number of alkyl halides is 2. The molecule has 0 bridgehead atoms. The number of hydrogen-bond donors (Lipinski definition) is 0. The van der Waals surface area contributed by atoms with Gasteiger partial charge in [-0.25, -0.2) is 4.68 Å². The number of likely N-dealkylation sites (tertiary alicyclic amines) is 1. The Morgan fingerprint density at radius 1 is 1.42 bits per heavy atom. The predicted molar refractivity (Wildman–Crippen MR) is 76.4 cm³/mol. The molecule has 0 N–H and O–H groups in total. The summed E-state index contributed by atoms with van der Waals surface area (Å²) in [5.74, 6) is -0.101. The Labute approximate surface area is 136 Å². The number of carbonyl (C=O) groups excluding carboxylic acids is 1. The maximum Gasteiger partial charge on any atom is 0.388 e. The van der Waals surface area contributed by atoms with Crippen LogP contribution in [0.4, 0.5) is 8.78 Å². The third-order valence-corrected chi connectivity index (χ3v) is 3.96. The summed E-state index contributed by atoms with van der Waals surface area (Å²) < 4.78 is 35.0. The lowest BCUT2D eigenvalue weighted by atomic mass is 10.1. The third kappa shape index (κ3) is 3.36. The molecule has 1 atom stereocenters. The van der Waals surface area contributed by atoms with Crippen LogP contribution in [0.25, 0.3) is 0 Å². The Balaban J connectivity index is 1.86. The van der Waals surface area contributed by atoms with Crippen molar-refractivity contribution in [3.8, 4) is 5.88 Å². The minimum absolute atomic E-state index is 0.0449. The van der Waals surface area contributed by atoms with Crippen LogP contribution >= 0.6 is 0 Å².